The van der Waals surface area contributed by atoms with Gasteiger partial charge in [-0.3, -0.25) is 4.79 Å². The van der Waals surface area contributed by atoms with Gasteiger partial charge in [0.1, 0.15) is 11.5 Å². The molecule has 1 atom stereocenters. The Morgan fingerprint density at radius 3 is 2.48 bits per heavy atom. The second kappa shape index (κ2) is 8.22. The molecular weight excluding hydrogens is 290 g/mol. The molecule has 2 aromatic rings. The molecule has 23 heavy (non-hydrogen) atoms. The number of nitrogens with one attached hydrogen (secondary N) is 1. The van der Waals surface area contributed by atoms with Crippen molar-refractivity contribution in [3.8, 4) is 11.5 Å². The Labute approximate surface area is 137 Å². The molecule has 2 rings (SSSR count). The maximum Gasteiger partial charge on any atom is 0.217 e. The molecule has 0 aromatic heterocycles. The number of ether oxygens (including phenoxy) is 2. The smallest absolute Gasteiger partial charge is 0.217 e. The van der Waals surface area contributed by atoms with Crippen molar-refractivity contribution in [2.24, 2.45) is 0 Å². The average molecular weight is 313 g/mol. The fraction of sp³-hybridized carbons (Fsp3) is 0.316. The van der Waals surface area contributed by atoms with Crippen LogP contribution >= 0.6 is 0 Å². The van der Waals surface area contributed by atoms with Crippen molar-refractivity contribution in [3.05, 3.63) is 59.7 Å². The number of rotatable bonds is 7. The molecule has 0 saturated heterocycles. The van der Waals surface area contributed by atoms with Gasteiger partial charge in [-0.1, -0.05) is 30.3 Å². The van der Waals surface area contributed by atoms with Crippen LogP contribution in [-0.4, -0.2) is 19.6 Å². The third kappa shape index (κ3) is 5.33. The maximum absolute atomic E-state index is 11.1. The molecule has 4 nitrogen and oxygen atoms in total. The standard InChI is InChI=1S/C19H23NO3/c1-14(20-15(2)21)17-9-7-16(8-10-17)11-12-23-19-6-4-5-18(13-19)22-3/h4-10,13-14H,11-12H2,1-3H3,(H,20,21). The summed E-state index contributed by atoms with van der Waals surface area (Å²) in [5.74, 6) is 1.58. The van der Waals surface area contributed by atoms with E-state index in [-0.39, 0.29) is 11.9 Å². The minimum Gasteiger partial charge on any atom is -0.497 e. The Kier molecular flexibility index (Phi) is 6.03. The van der Waals surface area contributed by atoms with Crippen molar-refractivity contribution in [3.63, 3.8) is 0 Å². The molecule has 1 N–H and O–H groups in total. The predicted molar refractivity (Wildman–Crippen MR) is 90.9 cm³/mol. The van der Waals surface area contributed by atoms with E-state index in [9.17, 15) is 4.79 Å². The van der Waals surface area contributed by atoms with Crippen LogP contribution < -0.4 is 14.8 Å². The van der Waals surface area contributed by atoms with Gasteiger partial charge in [0.2, 0.25) is 5.91 Å². The van der Waals surface area contributed by atoms with E-state index in [1.807, 2.05) is 43.3 Å². The molecule has 0 bridgehead atoms. The third-order valence-corrected chi connectivity index (χ3v) is 3.60. The predicted octanol–water partition coefficient (Wildman–Crippen LogP) is 3.51. The van der Waals surface area contributed by atoms with E-state index in [1.165, 1.54) is 12.5 Å². The summed E-state index contributed by atoms with van der Waals surface area (Å²) in [6.45, 7) is 4.11. The van der Waals surface area contributed by atoms with Gasteiger partial charge in [0, 0.05) is 19.4 Å². The topological polar surface area (TPSA) is 47.6 Å². The molecular formula is C19H23NO3. The van der Waals surface area contributed by atoms with E-state index in [0.29, 0.717) is 6.61 Å². The van der Waals surface area contributed by atoms with E-state index in [2.05, 4.69) is 17.4 Å². The zero-order valence-corrected chi connectivity index (χ0v) is 13.8. The summed E-state index contributed by atoms with van der Waals surface area (Å²) in [4.78, 5) is 11.1. The molecule has 0 aliphatic heterocycles. The molecule has 0 aliphatic carbocycles. The van der Waals surface area contributed by atoms with Crippen molar-refractivity contribution >= 4 is 5.91 Å². The number of methoxy groups -OCH3 is 1. The molecule has 1 amide bonds. The first-order valence-electron chi connectivity index (χ1n) is 7.71. The second-order valence-corrected chi connectivity index (χ2v) is 5.44. The average Bonchev–Trinajstić information content (AvgIpc) is 2.55. The van der Waals surface area contributed by atoms with Gasteiger partial charge in [-0.25, -0.2) is 0 Å². The lowest BCUT2D eigenvalue weighted by Gasteiger charge is -2.13. The Balaban J connectivity index is 1.85. The van der Waals surface area contributed by atoms with Crippen LogP contribution in [0.4, 0.5) is 0 Å². The zero-order valence-electron chi connectivity index (χ0n) is 13.8. The third-order valence-electron chi connectivity index (χ3n) is 3.60. The van der Waals surface area contributed by atoms with Crippen LogP contribution in [0, 0.1) is 0 Å². The number of carbonyl (C=O) groups is 1. The Bertz CT molecular complexity index is 637. The zero-order chi connectivity index (χ0) is 16.7. The molecule has 0 saturated carbocycles. The minimum atomic E-state index is -0.0201. The number of carbonyl (C=O) groups excluding carboxylic acids is 1. The lowest BCUT2D eigenvalue weighted by molar-refractivity contribution is -0.119. The summed E-state index contributed by atoms with van der Waals surface area (Å²) in [7, 11) is 1.64. The van der Waals surface area contributed by atoms with Crippen LogP contribution in [0.3, 0.4) is 0 Å². The van der Waals surface area contributed by atoms with Gasteiger partial charge in [-0.15, -0.1) is 0 Å². The first-order valence-corrected chi connectivity index (χ1v) is 7.71. The molecule has 0 aliphatic rings. The molecule has 0 spiro atoms. The van der Waals surface area contributed by atoms with Crippen LogP contribution in [0.1, 0.15) is 31.0 Å². The Hall–Kier alpha value is -2.49. The highest BCUT2D eigenvalue weighted by molar-refractivity contribution is 5.73. The number of hydrogen-bond acceptors (Lipinski definition) is 3. The van der Waals surface area contributed by atoms with Crippen LogP contribution in [0.15, 0.2) is 48.5 Å². The Morgan fingerprint density at radius 2 is 1.83 bits per heavy atom. The summed E-state index contributed by atoms with van der Waals surface area (Å²) >= 11 is 0. The van der Waals surface area contributed by atoms with Crippen molar-refractivity contribution in [2.45, 2.75) is 26.3 Å². The van der Waals surface area contributed by atoms with Gasteiger partial charge in [0.25, 0.3) is 0 Å². The van der Waals surface area contributed by atoms with E-state index >= 15 is 0 Å². The first-order chi connectivity index (χ1) is 11.1. The molecule has 0 heterocycles. The van der Waals surface area contributed by atoms with Gasteiger partial charge in [0.05, 0.1) is 19.8 Å². The molecule has 122 valence electrons. The monoisotopic (exact) mass is 313 g/mol. The van der Waals surface area contributed by atoms with Crippen molar-refractivity contribution in [1.82, 2.24) is 5.32 Å². The highest BCUT2D eigenvalue weighted by Crippen LogP contribution is 2.19. The van der Waals surface area contributed by atoms with Gasteiger partial charge in [-0.05, 0) is 30.2 Å². The van der Waals surface area contributed by atoms with Crippen molar-refractivity contribution in [1.29, 1.82) is 0 Å². The summed E-state index contributed by atoms with van der Waals surface area (Å²) in [5.41, 5.74) is 2.30. The maximum atomic E-state index is 11.1. The molecule has 1 unspecified atom stereocenters. The van der Waals surface area contributed by atoms with E-state index in [1.54, 1.807) is 7.11 Å². The van der Waals surface area contributed by atoms with Gasteiger partial charge in [0.15, 0.2) is 0 Å². The van der Waals surface area contributed by atoms with Crippen LogP contribution in [-0.2, 0) is 11.2 Å². The molecule has 0 fully saturated rings. The summed E-state index contributed by atoms with van der Waals surface area (Å²) < 4.78 is 10.9. The quantitative estimate of drug-likeness (QED) is 0.851. The van der Waals surface area contributed by atoms with Crippen LogP contribution in [0.2, 0.25) is 0 Å². The lowest BCUT2D eigenvalue weighted by Crippen LogP contribution is -2.23. The number of hydrogen-bond donors (Lipinski definition) is 1. The summed E-state index contributed by atoms with van der Waals surface area (Å²) in [6.07, 6.45) is 0.825. The molecule has 2 aromatic carbocycles. The molecule has 4 heteroatoms. The normalized spacial score (nSPS) is 11.6. The van der Waals surface area contributed by atoms with E-state index in [4.69, 9.17) is 9.47 Å². The fourth-order valence-electron chi connectivity index (χ4n) is 2.34. The summed E-state index contributed by atoms with van der Waals surface area (Å²) in [6, 6.07) is 15.8. The van der Waals surface area contributed by atoms with E-state index in [0.717, 1.165) is 23.5 Å². The van der Waals surface area contributed by atoms with Gasteiger partial charge in [-0.2, -0.15) is 0 Å². The highest BCUT2D eigenvalue weighted by atomic mass is 16.5. The minimum absolute atomic E-state index is 0.0201. The lowest BCUT2D eigenvalue weighted by atomic mass is 10.0. The first kappa shape index (κ1) is 16.9. The Morgan fingerprint density at radius 1 is 1.13 bits per heavy atom. The number of benzene rings is 2. The van der Waals surface area contributed by atoms with Crippen LogP contribution in [0.25, 0.3) is 0 Å². The number of amides is 1. The van der Waals surface area contributed by atoms with Crippen molar-refractivity contribution < 1.29 is 14.3 Å². The summed E-state index contributed by atoms with van der Waals surface area (Å²) in [5, 5.41) is 2.88. The van der Waals surface area contributed by atoms with Crippen LogP contribution in [0.5, 0.6) is 11.5 Å². The molecule has 0 radical (unpaired) electrons. The SMILES string of the molecule is COc1cccc(OCCc2ccc(C(C)NC(C)=O)cc2)c1. The fourth-order valence-corrected chi connectivity index (χ4v) is 2.34. The highest BCUT2D eigenvalue weighted by Gasteiger charge is 2.06. The van der Waals surface area contributed by atoms with Gasteiger partial charge < -0.3 is 14.8 Å². The van der Waals surface area contributed by atoms with E-state index < -0.39 is 0 Å². The second-order valence-electron chi connectivity index (χ2n) is 5.44. The van der Waals surface area contributed by atoms with Crippen molar-refractivity contribution in [2.75, 3.05) is 13.7 Å². The largest absolute Gasteiger partial charge is 0.497 e. The van der Waals surface area contributed by atoms with Gasteiger partial charge >= 0.3 is 0 Å².